The Morgan fingerprint density at radius 1 is 1.17 bits per heavy atom. The molecule has 3 N–H and O–H groups in total. The Balaban J connectivity index is 0.00000288. The number of guanidine groups is 1. The van der Waals surface area contributed by atoms with E-state index in [-0.39, 0.29) is 29.4 Å². The highest BCUT2D eigenvalue weighted by Gasteiger charge is 2.20. The van der Waals surface area contributed by atoms with E-state index in [1.165, 1.54) is 11.1 Å². The fraction of sp³-hybridized carbons (Fsp3) is 0.316. The Labute approximate surface area is 161 Å². The van der Waals surface area contributed by atoms with Gasteiger partial charge < -0.3 is 15.8 Å². The highest BCUT2D eigenvalue weighted by atomic mass is 127. The number of methoxy groups -OCH3 is 1. The van der Waals surface area contributed by atoms with Crippen molar-refractivity contribution in [2.75, 3.05) is 19.0 Å². The van der Waals surface area contributed by atoms with Gasteiger partial charge in [0.1, 0.15) is 5.75 Å². The van der Waals surface area contributed by atoms with Crippen molar-refractivity contribution < 1.29 is 4.74 Å². The molecular formula is C19H26IN3O. The van der Waals surface area contributed by atoms with Gasteiger partial charge in [0.05, 0.1) is 13.7 Å². The van der Waals surface area contributed by atoms with Gasteiger partial charge in [-0.15, -0.1) is 24.0 Å². The van der Waals surface area contributed by atoms with Crippen molar-refractivity contribution in [3.05, 3.63) is 59.7 Å². The molecule has 0 spiro atoms. The zero-order chi connectivity index (χ0) is 16.9. The number of benzene rings is 2. The van der Waals surface area contributed by atoms with Crippen LogP contribution >= 0.6 is 24.0 Å². The maximum Gasteiger partial charge on any atom is 0.193 e. The zero-order valence-corrected chi connectivity index (χ0v) is 17.0. The van der Waals surface area contributed by atoms with E-state index in [0.29, 0.717) is 12.5 Å². The minimum Gasteiger partial charge on any atom is -0.497 e. The first-order chi connectivity index (χ1) is 10.9. The highest BCUT2D eigenvalue weighted by molar-refractivity contribution is 14.0. The molecule has 0 aliphatic rings. The van der Waals surface area contributed by atoms with E-state index >= 15 is 0 Å². The molecule has 0 aliphatic heterocycles. The van der Waals surface area contributed by atoms with E-state index in [1.54, 1.807) is 7.11 Å². The van der Waals surface area contributed by atoms with Crippen molar-refractivity contribution in [3.63, 3.8) is 0 Å². The van der Waals surface area contributed by atoms with Gasteiger partial charge in [-0.3, -0.25) is 4.99 Å². The number of nitrogens with zero attached hydrogens (tertiary/aromatic N) is 1. The van der Waals surface area contributed by atoms with Crippen LogP contribution < -0.4 is 15.8 Å². The lowest BCUT2D eigenvalue weighted by atomic mass is 9.85. The summed E-state index contributed by atoms with van der Waals surface area (Å²) in [5, 5.41) is 3.12. The van der Waals surface area contributed by atoms with Crippen LogP contribution in [0.4, 0.5) is 5.69 Å². The van der Waals surface area contributed by atoms with Gasteiger partial charge in [0.25, 0.3) is 0 Å². The Hall–Kier alpha value is -1.76. The molecule has 2 aromatic carbocycles. The van der Waals surface area contributed by atoms with Crippen LogP contribution in [0.5, 0.6) is 5.75 Å². The maximum atomic E-state index is 6.00. The molecule has 0 heterocycles. The summed E-state index contributed by atoms with van der Waals surface area (Å²) >= 11 is 0. The van der Waals surface area contributed by atoms with Crippen LogP contribution in [0.15, 0.2) is 53.5 Å². The minimum atomic E-state index is -0.131. The summed E-state index contributed by atoms with van der Waals surface area (Å²) in [5.41, 5.74) is 9.19. The molecule has 5 heteroatoms. The molecule has 2 rings (SSSR count). The molecule has 0 radical (unpaired) electrons. The molecule has 0 fully saturated rings. The molecule has 130 valence electrons. The van der Waals surface area contributed by atoms with E-state index < -0.39 is 0 Å². The average molecular weight is 439 g/mol. The van der Waals surface area contributed by atoms with Crippen molar-refractivity contribution in [1.82, 2.24) is 0 Å². The first-order valence-electron chi connectivity index (χ1n) is 7.69. The lowest BCUT2D eigenvalue weighted by Gasteiger charge is -2.23. The van der Waals surface area contributed by atoms with Crippen LogP contribution in [0, 0.1) is 6.92 Å². The first-order valence-corrected chi connectivity index (χ1v) is 7.69. The summed E-state index contributed by atoms with van der Waals surface area (Å²) in [6.45, 7) is 6.93. The molecule has 0 unspecified atom stereocenters. The summed E-state index contributed by atoms with van der Waals surface area (Å²) in [7, 11) is 1.67. The predicted octanol–water partition coefficient (Wildman–Crippen LogP) is 4.33. The Kier molecular flexibility index (Phi) is 7.54. The molecule has 0 saturated heterocycles. The normalized spacial score (nSPS) is 11.6. The molecule has 0 atom stereocenters. The Morgan fingerprint density at radius 2 is 1.83 bits per heavy atom. The second kappa shape index (κ2) is 8.92. The molecule has 24 heavy (non-hydrogen) atoms. The van der Waals surface area contributed by atoms with Crippen LogP contribution in [0.25, 0.3) is 0 Å². The van der Waals surface area contributed by atoms with Gasteiger partial charge in [0.15, 0.2) is 5.96 Å². The lowest BCUT2D eigenvalue weighted by molar-refractivity contribution is 0.412. The average Bonchev–Trinajstić information content (AvgIpc) is 2.55. The number of ether oxygens (including phenoxy) is 1. The van der Waals surface area contributed by atoms with Gasteiger partial charge in [-0.25, -0.2) is 0 Å². The van der Waals surface area contributed by atoms with Crippen molar-refractivity contribution >= 4 is 35.6 Å². The quantitative estimate of drug-likeness (QED) is 0.414. The number of nitrogens with two attached hydrogens (primary N) is 1. The number of nitrogens with one attached hydrogen (secondary N) is 1. The standard InChI is InChI=1S/C19H25N3O.HI/c1-14-8-10-16(11-9-14)22-18(20)21-13-19(2,3)15-6-5-7-17(12-15)23-4;/h5-12H,13H2,1-4H3,(H3,20,21,22);1H. The van der Waals surface area contributed by atoms with E-state index in [9.17, 15) is 0 Å². The summed E-state index contributed by atoms with van der Waals surface area (Å²) in [4.78, 5) is 4.49. The van der Waals surface area contributed by atoms with Crippen LogP contribution in [-0.2, 0) is 5.41 Å². The molecule has 4 nitrogen and oxygen atoms in total. The molecular weight excluding hydrogens is 413 g/mol. The molecule has 0 aromatic heterocycles. The Morgan fingerprint density at radius 3 is 2.46 bits per heavy atom. The van der Waals surface area contributed by atoms with E-state index in [2.05, 4.69) is 37.1 Å². The van der Waals surface area contributed by atoms with Crippen molar-refractivity contribution in [3.8, 4) is 5.75 Å². The van der Waals surface area contributed by atoms with Gasteiger partial charge in [0.2, 0.25) is 0 Å². The third kappa shape index (κ3) is 5.70. The fourth-order valence-corrected chi connectivity index (χ4v) is 2.24. The number of anilines is 1. The van der Waals surface area contributed by atoms with Crippen LogP contribution in [0.3, 0.4) is 0 Å². The zero-order valence-electron chi connectivity index (χ0n) is 14.7. The minimum absolute atomic E-state index is 0. The number of aryl methyl sites for hydroxylation is 1. The van der Waals surface area contributed by atoms with E-state index in [1.807, 2.05) is 42.5 Å². The first kappa shape index (κ1) is 20.3. The van der Waals surface area contributed by atoms with Gasteiger partial charge in [-0.2, -0.15) is 0 Å². The number of aliphatic imine (C=N–C) groups is 1. The molecule has 0 saturated carbocycles. The highest BCUT2D eigenvalue weighted by Crippen LogP contribution is 2.26. The SMILES string of the molecule is COc1cccc(C(C)(C)CN=C(N)Nc2ccc(C)cc2)c1.I. The van der Waals surface area contributed by atoms with Crippen molar-refractivity contribution in [2.45, 2.75) is 26.2 Å². The summed E-state index contributed by atoms with van der Waals surface area (Å²) < 4.78 is 5.29. The Bertz CT molecular complexity index is 681. The van der Waals surface area contributed by atoms with E-state index in [4.69, 9.17) is 10.5 Å². The monoisotopic (exact) mass is 439 g/mol. The molecule has 0 aliphatic carbocycles. The largest absolute Gasteiger partial charge is 0.497 e. The lowest BCUT2D eigenvalue weighted by Crippen LogP contribution is -2.27. The van der Waals surface area contributed by atoms with Crippen molar-refractivity contribution in [2.24, 2.45) is 10.7 Å². The fourth-order valence-electron chi connectivity index (χ4n) is 2.24. The third-order valence-electron chi connectivity index (χ3n) is 3.82. The van der Waals surface area contributed by atoms with Crippen molar-refractivity contribution in [1.29, 1.82) is 0 Å². The topological polar surface area (TPSA) is 59.6 Å². The number of rotatable bonds is 5. The van der Waals surface area contributed by atoms with Crippen LogP contribution in [0.1, 0.15) is 25.0 Å². The summed E-state index contributed by atoms with van der Waals surface area (Å²) in [6.07, 6.45) is 0. The smallest absolute Gasteiger partial charge is 0.193 e. The molecule has 0 amide bonds. The number of hydrogen-bond acceptors (Lipinski definition) is 2. The molecule has 2 aromatic rings. The maximum absolute atomic E-state index is 6.00. The summed E-state index contributed by atoms with van der Waals surface area (Å²) in [6, 6.07) is 16.1. The summed E-state index contributed by atoms with van der Waals surface area (Å²) in [5.74, 6) is 1.27. The van der Waals surface area contributed by atoms with Gasteiger partial charge >= 0.3 is 0 Å². The van der Waals surface area contributed by atoms with Gasteiger partial charge in [0, 0.05) is 11.1 Å². The third-order valence-corrected chi connectivity index (χ3v) is 3.82. The van der Waals surface area contributed by atoms with E-state index in [0.717, 1.165) is 11.4 Å². The second-order valence-corrected chi connectivity index (χ2v) is 6.31. The van der Waals surface area contributed by atoms with Crippen LogP contribution in [-0.4, -0.2) is 19.6 Å². The van der Waals surface area contributed by atoms with Gasteiger partial charge in [-0.05, 0) is 36.8 Å². The second-order valence-electron chi connectivity index (χ2n) is 6.31. The number of halogens is 1. The van der Waals surface area contributed by atoms with Gasteiger partial charge in [-0.1, -0.05) is 43.7 Å². The predicted molar refractivity (Wildman–Crippen MR) is 113 cm³/mol. The number of hydrogen-bond donors (Lipinski definition) is 2. The molecule has 0 bridgehead atoms. The van der Waals surface area contributed by atoms with Crippen LogP contribution in [0.2, 0.25) is 0 Å².